The van der Waals surface area contributed by atoms with Crippen molar-refractivity contribution >= 4 is 0 Å². The molecule has 5 heteroatoms. The zero-order chi connectivity index (χ0) is 13.6. The lowest BCUT2D eigenvalue weighted by Gasteiger charge is -2.25. The molecule has 0 amide bonds. The molecule has 0 radical (unpaired) electrons. The van der Waals surface area contributed by atoms with Crippen molar-refractivity contribution in [3.05, 3.63) is 11.7 Å². The van der Waals surface area contributed by atoms with Crippen LogP contribution in [0.3, 0.4) is 0 Å². The molecule has 0 aliphatic rings. The molecule has 1 aromatic rings. The summed E-state index contributed by atoms with van der Waals surface area (Å²) >= 11 is 0. The Balaban J connectivity index is 2.78. The van der Waals surface area contributed by atoms with E-state index in [2.05, 4.69) is 30.9 Å². The average molecular weight is 255 g/mol. The lowest BCUT2D eigenvalue weighted by atomic mass is 9.96. The fraction of sp³-hybridized carbons (Fsp3) is 0.846. The van der Waals surface area contributed by atoms with Gasteiger partial charge in [-0.1, -0.05) is 32.3 Å². The highest BCUT2D eigenvalue weighted by atomic mass is 16.5. The highest BCUT2D eigenvalue weighted by Gasteiger charge is 2.33. The van der Waals surface area contributed by atoms with Crippen LogP contribution in [0, 0.1) is 0 Å². The fourth-order valence-electron chi connectivity index (χ4n) is 2.17. The maximum atomic E-state index is 5.97. The Bertz CT molecular complexity index is 339. The first-order valence-corrected chi connectivity index (χ1v) is 6.75. The molecule has 0 aromatic carbocycles. The Morgan fingerprint density at radius 3 is 2.50 bits per heavy atom. The van der Waals surface area contributed by atoms with Crippen molar-refractivity contribution in [3.63, 3.8) is 0 Å². The predicted octanol–water partition coefficient (Wildman–Crippen LogP) is 2.40. The number of hydrogen-bond donors (Lipinski definition) is 1. The molecule has 1 unspecified atom stereocenters. The lowest BCUT2D eigenvalue weighted by Crippen LogP contribution is -2.28. The molecule has 0 saturated heterocycles. The third-order valence-electron chi connectivity index (χ3n) is 3.50. The molecule has 5 nitrogen and oxygen atoms in total. The molecule has 0 bridgehead atoms. The quantitative estimate of drug-likeness (QED) is 0.772. The number of rotatable bonds is 8. The topological polar surface area (TPSA) is 74.2 Å². The minimum absolute atomic E-state index is 0.0866. The van der Waals surface area contributed by atoms with Gasteiger partial charge < -0.3 is 15.0 Å². The first kappa shape index (κ1) is 15.1. The highest BCUT2D eigenvalue weighted by Crippen LogP contribution is 2.30. The third-order valence-corrected chi connectivity index (χ3v) is 3.50. The molecular formula is C13H25N3O2. The highest BCUT2D eigenvalue weighted by molar-refractivity contribution is 5.01. The monoisotopic (exact) mass is 255 g/mol. The Labute approximate surface area is 109 Å². The summed E-state index contributed by atoms with van der Waals surface area (Å²) in [6.45, 7) is 6.24. The molecule has 1 aromatic heterocycles. The Hall–Kier alpha value is -0.940. The fourth-order valence-corrected chi connectivity index (χ4v) is 2.17. The second-order valence-electron chi connectivity index (χ2n) is 4.67. The van der Waals surface area contributed by atoms with Crippen molar-refractivity contribution in [2.24, 2.45) is 5.73 Å². The van der Waals surface area contributed by atoms with E-state index in [1.54, 1.807) is 7.11 Å². The van der Waals surface area contributed by atoms with E-state index in [-0.39, 0.29) is 6.04 Å². The molecule has 0 spiro atoms. The SMILES string of the molecule is CCCC(N)Cc1nc(C(CC)(CC)OC)no1. The van der Waals surface area contributed by atoms with Gasteiger partial charge >= 0.3 is 0 Å². The second kappa shape index (κ2) is 6.85. The molecule has 104 valence electrons. The van der Waals surface area contributed by atoms with Gasteiger partial charge in [0.1, 0.15) is 5.60 Å². The van der Waals surface area contributed by atoms with Gasteiger partial charge in [0.25, 0.3) is 0 Å². The van der Waals surface area contributed by atoms with E-state index in [0.717, 1.165) is 25.7 Å². The van der Waals surface area contributed by atoms with Gasteiger partial charge in [0, 0.05) is 19.6 Å². The molecule has 18 heavy (non-hydrogen) atoms. The van der Waals surface area contributed by atoms with Crippen LogP contribution in [0.1, 0.15) is 58.2 Å². The first-order valence-electron chi connectivity index (χ1n) is 6.75. The summed E-state index contributed by atoms with van der Waals surface area (Å²) in [4.78, 5) is 4.43. The van der Waals surface area contributed by atoms with Gasteiger partial charge in [-0.25, -0.2) is 0 Å². The smallest absolute Gasteiger partial charge is 0.228 e. The molecule has 1 rings (SSSR count). The van der Waals surface area contributed by atoms with Crippen LogP contribution in [0.25, 0.3) is 0 Å². The van der Waals surface area contributed by atoms with Gasteiger partial charge in [-0.2, -0.15) is 4.98 Å². The number of nitrogens with zero attached hydrogens (tertiary/aromatic N) is 2. The van der Waals surface area contributed by atoms with Crippen LogP contribution >= 0.6 is 0 Å². The normalized spacial score (nSPS) is 13.8. The van der Waals surface area contributed by atoms with E-state index in [4.69, 9.17) is 15.0 Å². The van der Waals surface area contributed by atoms with Gasteiger partial charge in [-0.05, 0) is 19.3 Å². The summed E-state index contributed by atoms with van der Waals surface area (Å²) in [5.41, 5.74) is 5.54. The minimum atomic E-state index is -0.434. The number of nitrogens with two attached hydrogens (primary N) is 1. The van der Waals surface area contributed by atoms with Crippen LogP contribution in [-0.2, 0) is 16.8 Å². The van der Waals surface area contributed by atoms with Gasteiger partial charge in [0.2, 0.25) is 11.7 Å². The molecular weight excluding hydrogens is 230 g/mol. The van der Waals surface area contributed by atoms with Crippen molar-refractivity contribution in [3.8, 4) is 0 Å². The summed E-state index contributed by atoms with van der Waals surface area (Å²) in [5.74, 6) is 1.24. The predicted molar refractivity (Wildman–Crippen MR) is 70.2 cm³/mol. The van der Waals surface area contributed by atoms with Crippen LogP contribution < -0.4 is 5.73 Å². The largest absolute Gasteiger partial charge is 0.370 e. The summed E-state index contributed by atoms with van der Waals surface area (Å²) in [5, 5.41) is 4.05. The standard InChI is InChI=1S/C13H25N3O2/c1-5-8-10(14)9-11-15-12(16-18-11)13(6-2,7-3)17-4/h10H,5-9,14H2,1-4H3. The van der Waals surface area contributed by atoms with Crippen LogP contribution in [0.5, 0.6) is 0 Å². The third kappa shape index (κ3) is 3.29. The van der Waals surface area contributed by atoms with Crippen LogP contribution in [0.4, 0.5) is 0 Å². The summed E-state index contributed by atoms with van der Waals surface area (Å²) < 4.78 is 10.8. The Morgan fingerprint density at radius 2 is 2.00 bits per heavy atom. The summed E-state index contributed by atoms with van der Waals surface area (Å²) in [7, 11) is 1.69. The Kier molecular flexibility index (Phi) is 5.75. The second-order valence-corrected chi connectivity index (χ2v) is 4.67. The first-order chi connectivity index (χ1) is 8.61. The molecule has 2 N–H and O–H groups in total. The molecule has 1 heterocycles. The average Bonchev–Trinajstić information content (AvgIpc) is 2.81. The molecule has 0 aliphatic carbocycles. The Morgan fingerprint density at radius 1 is 1.33 bits per heavy atom. The molecule has 0 saturated carbocycles. The van der Waals surface area contributed by atoms with E-state index >= 15 is 0 Å². The minimum Gasteiger partial charge on any atom is -0.370 e. The van der Waals surface area contributed by atoms with E-state index in [0.29, 0.717) is 18.1 Å². The zero-order valence-electron chi connectivity index (χ0n) is 11.9. The lowest BCUT2D eigenvalue weighted by molar-refractivity contribution is -0.0306. The number of ether oxygens (including phenoxy) is 1. The number of aromatic nitrogens is 2. The molecule has 0 fully saturated rings. The van der Waals surface area contributed by atoms with Crippen molar-refractivity contribution in [2.75, 3.05) is 7.11 Å². The van der Waals surface area contributed by atoms with Crippen molar-refractivity contribution in [1.29, 1.82) is 0 Å². The van der Waals surface area contributed by atoms with Gasteiger partial charge in [-0.15, -0.1) is 0 Å². The van der Waals surface area contributed by atoms with Gasteiger partial charge in [0.05, 0.1) is 0 Å². The van der Waals surface area contributed by atoms with Crippen molar-refractivity contribution in [2.45, 2.75) is 64.5 Å². The number of hydrogen-bond acceptors (Lipinski definition) is 5. The maximum absolute atomic E-state index is 5.97. The van der Waals surface area contributed by atoms with E-state index < -0.39 is 5.60 Å². The van der Waals surface area contributed by atoms with E-state index in [9.17, 15) is 0 Å². The van der Waals surface area contributed by atoms with Crippen LogP contribution in [-0.4, -0.2) is 23.3 Å². The number of methoxy groups -OCH3 is 1. The molecule has 0 aliphatic heterocycles. The van der Waals surface area contributed by atoms with Crippen molar-refractivity contribution in [1.82, 2.24) is 10.1 Å². The van der Waals surface area contributed by atoms with E-state index in [1.807, 2.05) is 0 Å². The maximum Gasteiger partial charge on any atom is 0.228 e. The van der Waals surface area contributed by atoms with Gasteiger partial charge in [0.15, 0.2) is 0 Å². The van der Waals surface area contributed by atoms with Gasteiger partial charge in [-0.3, -0.25) is 0 Å². The molecule has 1 atom stereocenters. The summed E-state index contributed by atoms with van der Waals surface area (Å²) in [6.07, 6.45) is 4.30. The zero-order valence-corrected chi connectivity index (χ0v) is 11.9. The summed E-state index contributed by atoms with van der Waals surface area (Å²) in [6, 6.07) is 0.0866. The van der Waals surface area contributed by atoms with Crippen LogP contribution in [0.15, 0.2) is 4.52 Å². The van der Waals surface area contributed by atoms with Crippen molar-refractivity contribution < 1.29 is 9.26 Å². The van der Waals surface area contributed by atoms with E-state index in [1.165, 1.54) is 0 Å². The van der Waals surface area contributed by atoms with Crippen LogP contribution in [0.2, 0.25) is 0 Å².